The fourth-order valence-electron chi connectivity index (χ4n) is 2.66. The molecule has 0 heterocycles. The Morgan fingerprint density at radius 2 is 1.48 bits per heavy atom. The lowest BCUT2D eigenvalue weighted by molar-refractivity contribution is -0.137. The molecule has 0 unspecified atom stereocenters. The fraction of sp³-hybridized carbons (Fsp3) is 0.300. The van der Waals surface area contributed by atoms with Gasteiger partial charge in [0.15, 0.2) is 0 Å². The molecule has 2 aromatic rings. The summed E-state index contributed by atoms with van der Waals surface area (Å²) in [6.07, 6.45) is -2.96. The summed E-state index contributed by atoms with van der Waals surface area (Å²) in [5.74, 6) is -1.01. The molecule has 4 nitrogen and oxygen atoms in total. The predicted octanol–water partition coefficient (Wildman–Crippen LogP) is 4.20. The number of hydrogen-bond acceptors (Lipinski definition) is 2. The molecule has 0 aliphatic carbocycles. The van der Waals surface area contributed by atoms with Crippen molar-refractivity contribution in [2.24, 2.45) is 0 Å². The Morgan fingerprint density at radius 1 is 0.926 bits per heavy atom. The zero-order valence-electron chi connectivity index (χ0n) is 15.1. The van der Waals surface area contributed by atoms with Gasteiger partial charge >= 0.3 is 6.18 Å². The van der Waals surface area contributed by atoms with E-state index in [-0.39, 0.29) is 12.1 Å². The largest absolute Gasteiger partial charge is 0.416 e. The second-order valence-electron chi connectivity index (χ2n) is 5.96. The Morgan fingerprint density at radius 3 is 1.96 bits per heavy atom. The van der Waals surface area contributed by atoms with E-state index in [9.17, 15) is 22.8 Å². The molecule has 0 spiro atoms. The van der Waals surface area contributed by atoms with Gasteiger partial charge < -0.3 is 10.6 Å². The fourth-order valence-corrected chi connectivity index (χ4v) is 2.66. The van der Waals surface area contributed by atoms with Gasteiger partial charge in [-0.2, -0.15) is 13.2 Å². The second kappa shape index (κ2) is 8.70. The van der Waals surface area contributed by atoms with Crippen molar-refractivity contribution in [1.82, 2.24) is 5.32 Å². The van der Waals surface area contributed by atoms with E-state index in [0.717, 1.165) is 53.9 Å². The average molecular weight is 378 g/mol. The van der Waals surface area contributed by atoms with Crippen molar-refractivity contribution < 1.29 is 22.8 Å². The molecule has 0 aliphatic heterocycles. The highest BCUT2D eigenvalue weighted by Gasteiger charge is 2.30. The Hall–Kier alpha value is -2.83. The van der Waals surface area contributed by atoms with Crippen LogP contribution in [0.15, 0.2) is 42.5 Å². The molecule has 0 atom stereocenters. The molecule has 2 amide bonds. The summed E-state index contributed by atoms with van der Waals surface area (Å²) in [7, 11) is 0. The number of nitrogens with one attached hydrogen (secondary N) is 2. The zero-order valence-corrected chi connectivity index (χ0v) is 15.1. The van der Waals surface area contributed by atoms with E-state index in [2.05, 4.69) is 10.6 Å². The van der Waals surface area contributed by atoms with Crippen molar-refractivity contribution in [3.63, 3.8) is 0 Å². The molecule has 0 aromatic heterocycles. The van der Waals surface area contributed by atoms with Gasteiger partial charge in [0.2, 0.25) is 5.91 Å². The van der Waals surface area contributed by atoms with Crippen LogP contribution < -0.4 is 10.6 Å². The summed E-state index contributed by atoms with van der Waals surface area (Å²) < 4.78 is 37.7. The molecule has 7 heteroatoms. The van der Waals surface area contributed by atoms with E-state index in [1.54, 1.807) is 0 Å². The number of para-hydroxylation sites is 1. The van der Waals surface area contributed by atoms with Crippen LogP contribution in [0.2, 0.25) is 0 Å². The van der Waals surface area contributed by atoms with E-state index in [0.29, 0.717) is 0 Å². The summed E-state index contributed by atoms with van der Waals surface area (Å²) in [4.78, 5) is 24.2. The lowest BCUT2D eigenvalue weighted by atomic mass is 10.0. The first-order valence-electron chi connectivity index (χ1n) is 8.62. The van der Waals surface area contributed by atoms with Crippen LogP contribution in [-0.4, -0.2) is 18.4 Å². The third-order valence-corrected chi connectivity index (χ3v) is 4.15. The number of amides is 2. The molecule has 0 aliphatic rings. The van der Waals surface area contributed by atoms with Gasteiger partial charge in [0.05, 0.1) is 12.1 Å². The van der Waals surface area contributed by atoms with Gasteiger partial charge in [-0.05, 0) is 48.2 Å². The van der Waals surface area contributed by atoms with E-state index < -0.39 is 23.6 Å². The maximum Gasteiger partial charge on any atom is 0.416 e. The maximum atomic E-state index is 12.6. The van der Waals surface area contributed by atoms with Gasteiger partial charge in [0.25, 0.3) is 5.91 Å². The Bertz CT molecular complexity index is 793. The molecule has 144 valence electrons. The minimum absolute atomic E-state index is 0.0546. The number of carbonyl (C=O) groups is 2. The van der Waals surface area contributed by atoms with Crippen LogP contribution in [0.3, 0.4) is 0 Å². The lowest BCUT2D eigenvalue weighted by Gasteiger charge is -2.14. The molecule has 0 bridgehead atoms. The van der Waals surface area contributed by atoms with Crippen molar-refractivity contribution in [2.45, 2.75) is 32.9 Å². The minimum Gasteiger partial charge on any atom is -0.343 e. The van der Waals surface area contributed by atoms with E-state index >= 15 is 0 Å². The monoisotopic (exact) mass is 378 g/mol. The van der Waals surface area contributed by atoms with Crippen molar-refractivity contribution in [3.8, 4) is 0 Å². The van der Waals surface area contributed by atoms with Crippen LogP contribution in [0.1, 0.15) is 40.9 Å². The number of anilines is 1. The topological polar surface area (TPSA) is 58.2 Å². The van der Waals surface area contributed by atoms with Gasteiger partial charge in [-0.15, -0.1) is 0 Å². The van der Waals surface area contributed by atoms with Gasteiger partial charge in [-0.1, -0.05) is 32.0 Å². The maximum absolute atomic E-state index is 12.6. The standard InChI is InChI=1S/C20H21F3N2O2/c1-3-13-6-5-7-14(4-2)18(13)25-17(26)12-24-19(27)15-8-10-16(11-9-15)20(21,22)23/h5-11H,3-4,12H2,1-2H3,(H,24,27)(H,25,26). The lowest BCUT2D eigenvalue weighted by Crippen LogP contribution is -2.33. The van der Waals surface area contributed by atoms with E-state index in [4.69, 9.17) is 0 Å². The number of halogens is 3. The van der Waals surface area contributed by atoms with Crippen LogP contribution in [0.25, 0.3) is 0 Å². The van der Waals surface area contributed by atoms with Gasteiger partial charge in [0.1, 0.15) is 0 Å². The Labute approximate surface area is 155 Å². The van der Waals surface area contributed by atoms with Crippen molar-refractivity contribution in [1.29, 1.82) is 0 Å². The normalized spacial score (nSPS) is 11.1. The highest BCUT2D eigenvalue weighted by atomic mass is 19.4. The molecule has 2 N–H and O–H groups in total. The molecule has 2 aromatic carbocycles. The average Bonchev–Trinajstić information content (AvgIpc) is 2.65. The van der Waals surface area contributed by atoms with Crippen LogP contribution in [0.4, 0.5) is 18.9 Å². The van der Waals surface area contributed by atoms with Crippen LogP contribution >= 0.6 is 0 Å². The molecule has 0 fully saturated rings. The van der Waals surface area contributed by atoms with Crippen molar-refractivity contribution in [3.05, 3.63) is 64.7 Å². The number of rotatable bonds is 6. The molecule has 0 saturated heterocycles. The smallest absolute Gasteiger partial charge is 0.343 e. The number of benzene rings is 2. The van der Waals surface area contributed by atoms with Crippen molar-refractivity contribution >= 4 is 17.5 Å². The highest BCUT2D eigenvalue weighted by Crippen LogP contribution is 2.29. The Balaban J connectivity index is 1.99. The van der Waals surface area contributed by atoms with Crippen molar-refractivity contribution in [2.75, 3.05) is 11.9 Å². The molecule has 0 radical (unpaired) electrons. The van der Waals surface area contributed by atoms with Gasteiger partial charge in [-0.25, -0.2) is 0 Å². The third-order valence-electron chi connectivity index (χ3n) is 4.15. The summed E-state index contributed by atoms with van der Waals surface area (Å²) >= 11 is 0. The Kier molecular flexibility index (Phi) is 6.60. The third kappa shape index (κ3) is 5.32. The molecular weight excluding hydrogens is 357 g/mol. The number of alkyl halides is 3. The first-order chi connectivity index (χ1) is 12.8. The molecular formula is C20H21F3N2O2. The van der Waals surface area contributed by atoms with Crippen LogP contribution in [0, 0.1) is 0 Å². The van der Waals surface area contributed by atoms with Gasteiger partial charge in [0, 0.05) is 11.3 Å². The van der Waals surface area contributed by atoms with E-state index in [1.165, 1.54) is 0 Å². The zero-order chi connectivity index (χ0) is 20.0. The first-order valence-corrected chi connectivity index (χ1v) is 8.62. The summed E-state index contributed by atoms with van der Waals surface area (Å²) in [6.45, 7) is 3.69. The predicted molar refractivity (Wildman–Crippen MR) is 97.6 cm³/mol. The molecule has 27 heavy (non-hydrogen) atoms. The summed E-state index contributed by atoms with van der Waals surface area (Å²) in [6, 6.07) is 9.61. The number of aryl methyl sites for hydroxylation is 2. The minimum atomic E-state index is -4.46. The number of carbonyl (C=O) groups excluding carboxylic acids is 2. The van der Waals surface area contributed by atoms with Crippen LogP contribution in [0.5, 0.6) is 0 Å². The highest BCUT2D eigenvalue weighted by molar-refractivity contribution is 5.99. The van der Waals surface area contributed by atoms with Crippen LogP contribution in [-0.2, 0) is 23.8 Å². The summed E-state index contributed by atoms with van der Waals surface area (Å²) in [5, 5.41) is 5.23. The number of hydrogen-bond donors (Lipinski definition) is 2. The first kappa shape index (κ1) is 20.5. The second-order valence-corrected chi connectivity index (χ2v) is 5.96. The quantitative estimate of drug-likeness (QED) is 0.792. The van der Waals surface area contributed by atoms with Gasteiger partial charge in [-0.3, -0.25) is 9.59 Å². The van der Waals surface area contributed by atoms with E-state index in [1.807, 2.05) is 32.0 Å². The molecule has 2 rings (SSSR count). The molecule has 0 saturated carbocycles. The SMILES string of the molecule is CCc1cccc(CC)c1NC(=O)CNC(=O)c1ccc(C(F)(F)F)cc1. The summed E-state index contributed by atoms with van der Waals surface area (Å²) in [5.41, 5.74) is 1.96.